The average molecular weight is 435 g/mol. The van der Waals surface area contributed by atoms with Gasteiger partial charge in [-0.2, -0.15) is 0 Å². The van der Waals surface area contributed by atoms with E-state index in [9.17, 15) is 32.5 Å². The van der Waals surface area contributed by atoms with Gasteiger partial charge in [0, 0.05) is 18.7 Å². The van der Waals surface area contributed by atoms with Gasteiger partial charge in [-0.05, 0) is 43.2 Å². The summed E-state index contributed by atoms with van der Waals surface area (Å²) < 4.78 is 37.7. The van der Waals surface area contributed by atoms with Crippen LogP contribution in [0.15, 0.2) is 53.4 Å². The number of non-ortho nitro benzene ring substituents is 1. The zero-order chi connectivity index (χ0) is 22.1. The predicted molar refractivity (Wildman–Crippen MR) is 104 cm³/mol. The molecular formula is C19H18FN3O6S. The van der Waals surface area contributed by atoms with Crippen LogP contribution in [0.5, 0.6) is 0 Å². The van der Waals surface area contributed by atoms with E-state index in [1.54, 1.807) is 0 Å². The Bertz CT molecular complexity index is 1120. The number of hydrogen-bond acceptors (Lipinski definition) is 6. The van der Waals surface area contributed by atoms with Gasteiger partial charge in [0.2, 0.25) is 0 Å². The van der Waals surface area contributed by atoms with Crippen molar-refractivity contribution in [3.63, 3.8) is 0 Å². The Morgan fingerprint density at radius 2 is 1.83 bits per heavy atom. The van der Waals surface area contributed by atoms with Gasteiger partial charge in [0.25, 0.3) is 11.6 Å². The van der Waals surface area contributed by atoms with E-state index < -0.39 is 38.1 Å². The minimum absolute atomic E-state index is 0.0239. The van der Waals surface area contributed by atoms with Gasteiger partial charge in [0.05, 0.1) is 15.6 Å². The summed E-state index contributed by atoms with van der Waals surface area (Å²) in [6.07, 6.45) is -0.0239. The van der Waals surface area contributed by atoms with Gasteiger partial charge in [-0.1, -0.05) is 12.1 Å². The van der Waals surface area contributed by atoms with Crippen LogP contribution in [-0.4, -0.2) is 42.5 Å². The summed E-state index contributed by atoms with van der Waals surface area (Å²) in [5.74, 6) is -1.54. The van der Waals surface area contributed by atoms with Crippen molar-refractivity contribution in [2.75, 3.05) is 12.3 Å². The summed E-state index contributed by atoms with van der Waals surface area (Å²) in [6.45, 7) is 1.27. The van der Waals surface area contributed by atoms with Crippen molar-refractivity contribution in [2.24, 2.45) is 0 Å². The van der Waals surface area contributed by atoms with Crippen LogP contribution in [0.25, 0.3) is 0 Å². The van der Waals surface area contributed by atoms with Crippen molar-refractivity contribution in [2.45, 2.75) is 23.8 Å². The monoisotopic (exact) mass is 435 g/mol. The highest BCUT2D eigenvalue weighted by Gasteiger charge is 2.49. The number of sulfone groups is 1. The van der Waals surface area contributed by atoms with E-state index >= 15 is 0 Å². The zero-order valence-electron chi connectivity index (χ0n) is 15.9. The first-order chi connectivity index (χ1) is 14.0. The second-order valence-electron chi connectivity index (χ2n) is 6.95. The van der Waals surface area contributed by atoms with Gasteiger partial charge in [-0.3, -0.25) is 19.8 Å². The number of rotatable bonds is 7. The molecule has 1 N–H and O–H groups in total. The topological polar surface area (TPSA) is 127 Å². The lowest BCUT2D eigenvalue weighted by Crippen LogP contribution is -2.41. The van der Waals surface area contributed by atoms with Crippen LogP contribution in [0, 0.1) is 15.9 Å². The molecule has 1 unspecified atom stereocenters. The molecule has 1 aliphatic heterocycles. The molecule has 0 spiro atoms. The van der Waals surface area contributed by atoms with Crippen molar-refractivity contribution >= 4 is 27.5 Å². The molecule has 0 radical (unpaired) electrons. The molecule has 11 heteroatoms. The molecule has 1 aliphatic rings. The van der Waals surface area contributed by atoms with Crippen molar-refractivity contribution in [1.82, 2.24) is 10.2 Å². The molecule has 1 heterocycles. The number of hydrogen-bond donors (Lipinski definition) is 1. The normalized spacial score (nSPS) is 19.1. The summed E-state index contributed by atoms with van der Waals surface area (Å²) in [5.41, 5.74) is -1.48. The highest BCUT2D eigenvalue weighted by molar-refractivity contribution is 7.91. The lowest BCUT2D eigenvalue weighted by Gasteiger charge is -2.22. The summed E-state index contributed by atoms with van der Waals surface area (Å²) in [4.78, 5) is 36.4. The summed E-state index contributed by atoms with van der Waals surface area (Å²) in [6, 6.07) is 9.05. The highest BCUT2D eigenvalue weighted by atomic mass is 32.2. The summed E-state index contributed by atoms with van der Waals surface area (Å²) >= 11 is 0. The van der Waals surface area contributed by atoms with Crippen LogP contribution in [0.4, 0.5) is 14.9 Å². The second-order valence-corrected chi connectivity index (χ2v) is 9.05. The van der Waals surface area contributed by atoms with E-state index in [4.69, 9.17) is 0 Å². The SMILES string of the molecule is CC1(c2cccc([N+](=O)[O-])c2)NC(=O)N(CCCS(=O)(=O)c2ccc(F)cc2)C1=O. The van der Waals surface area contributed by atoms with Crippen LogP contribution >= 0.6 is 0 Å². The highest BCUT2D eigenvalue weighted by Crippen LogP contribution is 2.31. The molecule has 9 nitrogen and oxygen atoms in total. The summed E-state index contributed by atoms with van der Waals surface area (Å²) in [5, 5.41) is 13.5. The van der Waals surface area contributed by atoms with Crippen LogP contribution in [0.2, 0.25) is 0 Å². The number of amides is 3. The molecule has 0 bridgehead atoms. The zero-order valence-corrected chi connectivity index (χ0v) is 16.7. The Morgan fingerprint density at radius 3 is 2.47 bits per heavy atom. The maximum atomic E-state index is 13.0. The van der Waals surface area contributed by atoms with E-state index in [-0.39, 0.29) is 34.9 Å². The molecule has 3 amide bonds. The fourth-order valence-corrected chi connectivity index (χ4v) is 4.49. The maximum Gasteiger partial charge on any atom is 0.325 e. The first kappa shape index (κ1) is 21.4. The first-order valence-electron chi connectivity index (χ1n) is 8.92. The number of imide groups is 1. The minimum atomic E-state index is -3.71. The molecule has 1 atom stereocenters. The third kappa shape index (κ3) is 4.01. The Labute approximate surface area is 171 Å². The number of nitrogens with one attached hydrogen (secondary N) is 1. The second kappa shape index (κ2) is 7.82. The van der Waals surface area contributed by atoms with Gasteiger partial charge in [0.15, 0.2) is 9.84 Å². The van der Waals surface area contributed by atoms with E-state index in [1.807, 2.05) is 0 Å². The standard InChI is InChI=1S/C19H18FN3O6S/c1-19(13-4-2-5-15(12-13)23(26)27)17(24)22(18(25)21-19)10-3-11-30(28,29)16-8-6-14(20)7-9-16/h2,4-9,12H,3,10-11H2,1H3,(H,21,25). The van der Waals surface area contributed by atoms with E-state index in [1.165, 1.54) is 31.2 Å². The van der Waals surface area contributed by atoms with Crippen molar-refractivity contribution in [3.05, 3.63) is 70.0 Å². The molecule has 0 aliphatic carbocycles. The Balaban J connectivity index is 1.71. The van der Waals surface area contributed by atoms with Crippen LogP contribution < -0.4 is 5.32 Å². The maximum absolute atomic E-state index is 13.0. The Morgan fingerprint density at radius 1 is 1.17 bits per heavy atom. The van der Waals surface area contributed by atoms with Crippen molar-refractivity contribution < 1.29 is 27.3 Å². The lowest BCUT2D eigenvalue weighted by atomic mass is 9.91. The van der Waals surface area contributed by atoms with E-state index in [0.717, 1.165) is 29.2 Å². The van der Waals surface area contributed by atoms with Crippen LogP contribution in [0.1, 0.15) is 18.9 Å². The molecule has 0 aromatic heterocycles. The number of urea groups is 1. The molecular weight excluding hydrogens is 417 g/mol. The largest absolute Gasteiger partial charge is 0.325 e. The number of carbonyl (C=O) groups is 2. The number of carbonyl (C=O) groups excluding carboxylic acids is 2. The number of nitro groups is 1. The Hall–Kier alpha value is -3.34. The minimum Gasteiger partial charge on any atom is -0.319 e. The number of halogens is 1. The fourth-order valence-electron chi connectivity index (χ4n) is 3.20. The quantitative estimate of drug-likeness (QED) is 0.308. The molecule has 2 aromatic rings. The van der Waals surface area contributed by atoms with Gasteiger partial charge in [0.1, 0.15) is 11.4 Å². The van der Waals surface area contributed by atoms with Crippen molar-refractivity contribution in [1.29, 1.82) is 0 Å². The molecule has 158 valence electrons. The van der Waals surface area contributed by atoms with Crippen molar-refractivity contribution in [3.8, 4) is 0 Å². The van der Waals surface area contributed by atoms with Gasteiger partial charge >= 0.3 is 6.03 Å². The predicted octanol–water partition coefficient (Wildman–Crippen LogP) is 2.36. The lowest BCUT2D eigenvalue weighted by molar-refractivity contribution is -0.385. The summed E-state index contributed by atoms with van der Waals surface area (Å²) in [7, 11) is -3.71. The third-order valence-corrected chi connectivity index (χ3v) is 6.69. The van der Waals surface area contributed by atoms with Gasteiger partial charge in [-0.15, -0.1) is 0 Å². The fraction of sp³-hybridized carbons (Fsp3) is 0.263. The molecule has 30 heavy (non-hydrogen) atoms. The smallest absolute Gasteiger partial charge is 0.319 e. The number of benzene rings is 2. The van der Waals surface area contributed by atoms with E-state index in [0.29, 0.717) is 0 Å². The first-order valence-corrected chi connectivity index (χ1v) is 10.6. The molecule has 3 rings (SSSR count). The van der Waals surface area contributed by atoms with E-state index in [2.05, 4.69) is 5.32 Å². The number of nitrogens with zero attached hydrogens (tertiary/aromatic N) is 2. The van der Waals surface area contributed by atoms with Crippen LogP contribution in [0.3, 0.4) is 0 Å². The van der Waals surface area contributed by atoms with Crippen LogP contribution in [-0.2, 0) is 20.2 Å². The molecule has 0 saturated carbocycles. The number of nitro benzene ring substituents is 1. The van der Waals surface area contributed by atoms with Gasteiger partial charge in [-0.25, -0.2) is 17.6 Å². The molecule has 1 saturated heterocycles. The Kier molecular flexibility index (Phi) is 5.57. The molecule has 1 fully saturated rings. The average Bonchev–Trinajstić information content (AvgIpc) is 2.92. The van der Waals surface area contributed by atoms with Gasteiger partial charge < -0.3 is 5.32 Å². The third-order valence-electron chi connectivity index (χ3n) is 4.88. The molecule has 2 aromatic carbocycles.